The molecule has 0 radical (unpaired) electrons. The van der Waals surface area contributed by atoms with Crippen molar-refractivity contribution in [3.63, 3.8) is 0 Å². The van der Waals surface area contributed by atoms with Crippen LogP contribution in [0.15, 0.2) is 40.8 Å². The fourth-order valence-electron chi connectivity index (χ4n) is 4.68. The standard InChI is InChI=1S/C16H18F3N3O3S.C12H18BNO3.C10H12BrF3N2O2S.CH4/c1-15(2,3)25-14(23)22(4)13-11(16(17,18)19)21-12(26-13)9-6-10(24-5)8-20-7-9;1-11(2)12(3,4)17-13(16-11)9-6-10(15-5)8-14-7-9;1-9(2,3)18-8(17)16(4)6-5(10(12,13)14)15-7(11)19-6;/h6-8H,1-5H3;6-8H,1-5H3;1-4H3;1H4. The van der Waals surface area contributed by atoms with Crippen molar-refractivity contribution >= 4 is 73.4 Å². The zero-order valence-electron chi connectivity index (χ0n) is 36.5. The summed E-state index contributed by atoms with van der Waals surface area (Å²) in [5.74, 6) is 1.09. The van der Waals surface area contributed by atoms with Crippen LogP contribution in [0.5, 0.6) is 11.5 Å². The van der Waals surface area contributed by atoms with Gasteiger partial charge >= 0.3 is 31.7 Å². The van der Waals surface area contributed by atoms with Crippen molar-refractivity contribution in [3.8, 4) is 22.1 Å². The van der Waals surface area contributed by atoms with Crippen molar-refractivity contribution in [1.29, 1.82) is 0 Å². The Morgan fingerprint density at radius 3 is 1.54 bits per heavy atom. The van der Waals surface area contributed by atoms with Gasteiger partial charge < -0.3 is 28.3 Å². The Kier molecular flexibility index (Phi) is 18.0. The highest BCUT2D eigenvalue weighted by molar-refractivity contribution is 9.11. The minimum atomic E-state index is -4.73. The maximum Gasteiger partial charge on any atom is 0.496 e. The number of carbonyl (C=O) groups excluding carboxylic acids is 2. The van der Waals surface area contributed by atoms with Gasteiger partial charge in [-0.1, -0.05) is 30.1 Å². The third-order valence-corrected chi connectivity index (χ3v) is 11.1. The summed E-state index contributed by atoms with van der Waals surface area (Å²) in [5.41, 5.74) is -3.33. The number of thiazole rings is 2. The summed E-state index contributed by atoms with van der Waals surface area (Å²) in [6.07, 6.45) is -4.93. The molecule has 63 heavy (non-hydrogen) atoms. The number of carbonyl (C=O) groups is 2. The van der Waals surface area contributed by atoms with E-state index in [4.69, 9.17) is 28.3 Å². The Balaban J connectivity index is 0.000000331. The predicted molar refractivity (Wildman–Crippen MR) is 234 cm³/mol. The molecule has 350 valence electrons. The lowest BCUT2D eigenvalue weighted by atomic mass is 9.80. The van der Waals surface area contributed by atoms with Gasteiger partial charge in [0, 0.05) is 37.5 Å². The van der Waals surface area contributed by atoms with Crippen molar-refractivity contribution in [2.45, 2.75) is 111 Å². The molecule has 1 fully saturated rings. The molecule has 1 aliphatic rings. The molecule has 0 bridgehead atoms. The highest BCUT2D eigenvalue weighted by Gasteiger charge is 2.52. The van der Waals surface area contributed by atoms with Gasteiger partial charge in [-0.05, 0) is 97.3 Å². The summed E-state index contributed by atoms with van der Waals surface area (Å²) in [5, 5.41) is -0.604. The van der Waals surface area contributed by atoms with Gasteiger partial charge in [-0.15, -0.1) is 0 Å². The predicted octanol–water partition coefficient (Wildman–Crippen LogP) is 10.9. The second-order valence-corrected chi connectivity index (χ2v) is 19.5. The lowest BCUT2D eigenvalue weighted by Crippen LogP contribution is -2.41. The van der Waals surface area contributed by atoms with Crippen LogP contribution in [0.25, 0.3) is 10.6 Å². The summed E-state index contributed by atoms with van der Waals surface area (Å²) in [6, 6.07) is 3.40. The molecule has 0 aromatic carbocycles. The largest absolute Gasteiger partial charge is 0.496 e. The zero-order chi connectivity index (χ0) is 47.4. The molecule has 1 saturated heterocycles. The number of nitrogens with zero attached hydrogens (tertiary/aromatic N) is 6. The molecule has 14 nitrogen and oxygen atoms in total. The van der Waals surface area contributed by atoms with Gasteiger partial charge in [0.05, 0.1) is 37.8 Å². The van der Waals surface area contributed by atoms with Crippen LogP contribution in [-0.4, -0.2) is 90.0 Å². The first-order valence-corrected chi connectivity index (χ1v) is 20.7. The fourth-order valence-corrected chi connectivity index (χ4v) is 7.10. The third-order valence-electron chi connectivity index (χ3n) is 8.36. The molecule has 5 heterocycles. The Morgan fingerprint density at radius 1 is 0.698 bits per heavy atom. The van der Waals surface area contributed by atoms with E-state index in [1.54, 1.807) is 61.0 Å². The van der Waals surface area contributed by atoms with Crippen molar-refractivity contribution in [2.24, 2.45) is 0 Å². The number of hydrogen-bond acceptors (Lipinski definition) is 14. The van der Waals surface area contributed by atoms with E-state index >= 15 is 0 Å². The van der Waals surface area contributed by atoms with Gasteiger partial charge in [-0.25, -0.2) is 19.6 Å². The lowest BCUT2D eigenvalue weighted by molar-refractivity contribution is -0.141. The van der Waals surface area contributed by atoms with Gasteiger partial charge in [0.2, 0.25) is 0 Å². The Hall–Kier alpha value is -4.26. The molecule has 0 saturated carbocycles. The summed E-state index contributed by atoms with van der Waals surface area (Å²) in [7, 11) is 5.08. The number of aromatic nitrogens is 4. The van der Waals surface area contributed by atoms with E-state index in [1.807, 2.05) is 33.8 Å². The molecular formula is C39H52BBrF6N6O8S2. The van der Waals surface area contributed by atoms with E-state index in [-0.39, 0.29) is 44.7 Å². The molecule has 24 heteroatoms. The minimum absolute atomic E-state index is 0. The van der Waals surface area contributed by atoms with Gasteiger partial charge in [0.25, 0.3) is 0 Å². The number of alkyl halides is 6. The summed E-state index contributed by atoms with van der Waals surface area (Å²) in [4.78, 5) is 40.6. The van der Waals surface area contributed by atoms with Gasteiger partial charge in [0.15, 0.2) is 15.3 Å². The Morgan fingerprint density at radius 2 is 1.11 bits per heavy atom. The van der Waals surface area contributed by atoms with E-state index in [0.717, 1.165) is 26.6 Å². The number of anilines is 2. The molecule has 5 rings (SSSR count). The number of hydrogen-bond donors (Lipinski definition) is 0. The molecule has 4 aromatic heterocycles. The maximum absolute atomic E-state index is 13.4. The van der Waals surface area contributed by atoms with Crippen LogP contribution in [0.3, 0.4) is 0 Å². The minimum Gasteiger partial charge on any atom is -0.495 e. The molecule has 0 unspecified atom stereocenters. The second-order valence-electron chi connectivity index (χ2n) is 16.2. The topological polar surface area (TPSA) is 148 Å². The second kappa shape index (κ2) is 20.7. The van der Waals surface area contributed by atoms with Crippen molar-refractivity contribution in [2.75, 3.05) is 38.1 Å². The smallest absolute Gasteiger partial charge is 0.495 e. The van der Waals surface area contributed by atoms with Gasteiger partial charge in [-0.2, -0.15) is 26.3 Å². The van der Waals surface area contributed by atoms with E-state index in [1.165, 1.54) is 39.7 Å². The van der Waals surface area contributed by atoms with Crippen molar-refractivity contribution in [1.82, 2.24) is 19.9 Å². The third kappa shape index (κ3) is 15.2. The normalized spacial score (nSPS) is 14.5. The zero-order valence-corrected chi connectivity index (χ0v) is 39.7. The molecule has 0 aliphatic carbocycles. The maximum atomic E-state index is 13.4. The molecule has 2 amide bonds. The van der Waals surface area contributed by atoms with E-state index < -0.39 is 47.1 Å². The molecule has 0 N–H and O–H groups in total. The van der Waals surface area contributed by atoms with Gasteiger partial charge in [-0.3, -0.25) is 19.8 Å². The molecule has 1 aliphatic heterocycles. The highest BCUT2D eigenvalue weighted by Crippen LogP contribution is 2.44. The van der Waals surface area contributed by atoms with Crippen LogP contribution >= 0.6 is 38.6 Å². The molecule has 4 aromatic rings. The fraction of sp³-hybridized carbons (Fsp3) is 0.538. The monoisotopic (exact) mass is 1000 g/mol. The lowest BCUT2D eigenvalue weighted by Gasteiger charge is -2.32. The first-order chi connectivity index (χ1) is 28.2. The number of rotatable bonds is 6. The summed E-state index contributed by atoms with van der Waals surface area (Å²) < 4.78 is 111. The quantitative estimate of drug-likeness (QED) is 0.134. The van der Waals surface area contributed by atoms with Crippen molar-refractivity contribution < 1.29 is 64.2 Å². The first-order valence-electron chi connectivity index (χ1n) is 18.3. The van der Waals surface area contributed by atoms with E-state index in [0.29, 0.717) is 28.4 Å². The first kappa shape index (κ1) is 54.9. The van der Waals surface area contributed by atoms with Crippen molar-refractivity contribution in [3.05, 3.63) is 52.2 Å². The Labute approximate surface area is 379 Å². The average Bonchev–Trinajstić information content (AvgIpc) is 3.83. The average molecular weight is 1000 g/mol. The van der Waals surface area contributed by atoms with Crippen LogP contribution < -0.4 is 24.7 Å². The van der Waals surface area contributed by atoms with Crippen LogP contribution in [0, 0.1) is 0 Å². The van der Waals surface area contributed by atoms with Crippen LogP contribution in [0.4, 0.5) is 45.9 Å². The number of pyridine rings is 2. The molecule has 0 spiro atoms. The number of halogens is 7. The van der Waals surface area contributed by atoms with Crippen LogP contribution in [-0.2, 0) is 31.1 Å². The molecular weight excluding hydrogens is 949 g/mol. The number of ether oxygens (including phenoxy) is 4. The van der Waals surface area contributed by atoms with E-state index in [9.17, 15) is 35.9 Å². The van der Waals surface area contributed by atoms with Gasteiger partial charge in [0.1, 0.15) is 37.7 Å². The van der Waals surface area contributed by atoms with Crippen LogP contribution in [0.1, 0.15) is 88.1 Å². The SMILES string of the molecule is C.CN(C(=O)OC(C)(C)C)c1sc(Br)nc1C(F)(F)F.COc1cncc(-c2nc(C(F)(F)F)c(N(C)C(=O)OC(C)(C)C)s2)c1.COc1cncc(B2OC(C)(C)C(C)(C)O2)c1. The highest BCUT2D eigenvalue weighted by atomic mass is 79.9. The number of methoxy groups -OCH3 is 2. The van der Waals surface area contributed by atoms with E-state index in [2.05, 4.69) is 35.9 Å². The number of amides is 2. The summed E-state index contributed by atoms with van der Waals surface area (Å²) in [6.45, 7) is 17.9. The Bertz CT molecular complexity index is 2160. The van der Waals surface area contributed by atoms with Crippen LogP contribution in [0.2, 0.25) is 0 Å². The summed E-state index contributed by atoms with van der Waals surface area (Å²) >= 11 is 4.32. The molecule has 0 atom stereocenters.